The second-order valence-corrected chi connectivity index (χ2v) is 7.88. The number of carbonyl (C=O) groups excluding carboxylic acids is 3. The van der Waals surface area contributed by atoms with Crippen LogP contribution in [-0.2, 0) is 4.79 Å². The van der Waals surface area contributed by atoms with E-state index >= 15 is 0 Å². The summed E-state index contributed by atoms with van der Waals surface area (Å²) in [6, 6.07) is 16.9. The fourth-order valence-electron chi connectivity index (χ4n) is 3.74. The van der Waals surface area contributed by atoms with Crippen LogP contribution in [0.25, 0.3) is 0 Å². The van der Waals surface area contributed by atoms with Gasteiger partial charge in [0.25, 0.3) is 11.8 Å². The Morgan fingerprint density at radius 2 is 1.65 bits per heavy atom. The zero-order chi connectivity index (χ0) is 24.1. The summed E-state index contributed by atoms with van der Waals surface area (Å²) in [5.74, 6) is -0.781. The van der Waals surface area contributed by atoms with Gasteiger partial charge in [0.15, 0.2) is 0 Å². The summed E-state index contributed by atoms with van der Waals surface area (Å²) in [5, 5.41) is 5.45. The summed E-state index contributed by atoms with van der Waals surface area (Å²) in [6.45, 7) is 0.669. The number of benzene rings is 3. The molecule has 0 unspecified atom stereocenters. The molecule has 34 heavy (non-hydrogen) atoms. The van der Waals surface area contributed by atoms with Crippen LogP contribution >= 0.6 is 0 Å². The molecule has 2 N–H and O–H groups in total. The Balaban J connectivity index is 1.52. The Hall–Kier alpha value is -4.20. The molecule has 0 aromatic heterocycles. The van der Waals surface area contributed by atoms with Crippen LogP contribution in [0.3, 0.4) is 0 Å². The van der Waals surface area contributed by atoms with Gasteiger partial charge >= 0.3 is 0 Å². The molecule has 0 spiro atoms. The van der Waals surface area contributed by atoms with Crippen molar-refractivity contribution in [3.63, 3.8) is 0 Å². The van der Waals surface area contributed by atoms with E-state index in [4.69, 9.17) is 4.74 Å². The largest absolute Gasteiger partial charge is 0.497 e. The van der Waals surface area contributed by atoms with Crippen molar-refractivity contribution in [2.24, 2.45) is 0 Å². The average Bonchev–Trinajstić information content (AvgIpc) is 2.86. The summed E-state index contributed by atoms with van der Waals surface area (Å²) >= 11 is 0. The van der Waals surface area contributed by atoms with E-state index in [-0.39, 0.29) is 11.5 Å². The lowest BCUT2D eigenvalue weighted by atomic mass is 10.1. The summed E-state index contributed by atoms with van der Waals surface area (Å²) in [6.07, 6.45) is 2.38. The van der Waals surface area contributed by atoms with Gasteiger partial charge in [0.05, 0.1) is 18.4 Å². The van der Waals surface area contributed by atoms with E-state index in [1.807, 2.05) is 0 Å². The first kappa shape index (κ1) is 23.0. The lowest BCUT2D eigenvalue weighted by molar-refractivity contribution is -0.119. The van der Waals surface area contributed by atoms with E-state index in [1.54, 1.807) is 41.3 Å². The number of hydrogen-bond donors (Lipinski definition) is 2. The van der Waals surface area contributed by atoms with Crippen LogP contribution < -0.4 is 20.3 Å². The van der Waals surface area contributed by atoms with Crippen LogP contribution in [0, 0.1) is 5.82 Å². The van der Waals surface area contributed by atoms with Crippen molar-refractivity contribution in [1.29, 1.82) is 0 Å². The van der Waals surface area contributed by atoms with Crippen molar-refractivity contribution in [1.82, 2.24) is 0 Å². The Bertz CT molecular complexity index is 1210. The first-order valence-corrected chi connectivity index (χ1v) is 10.9. The Labute approximate surface area is 196 Å². The third-order valence-electron chi connectivity index (χ3n) is 5.59. The Morgan fingerprint density at radius 1 is 0.912 bits per heavy atom. The van der Waals surface area contributed by atoms with Crippen molar-refractivity contribution >= 4 is 34.8 Å². The van der Waals surface area contributed by atoms with Gasteiger partial charge < -0.3 is 20.3 Å². The van der Waals surface area contributed by atoms with Crippen LogP contribution in [-0.4, -0.2) is 31.4 Å². The van der Waals surface area contributed by atoms with E-state index in [0.29, 0.717) is 35.7 Å². The molecule has 8 heteroatoms. The van der Waals surface area contributed by atoms with Crippen molar-refractivity contribution in [2.75, 3.05) is 29.2 Å². The van der Waals surface area contributed by atoms with Gasteiger partial charge in [-0.2, -0.15) is 0 Å². The second kappa shape index (κ2) is 10.2. The first-order chi connectivity index (χ1) is 16.4. The second-order valence-electron chi connectivity index (χ2n) is 7.88. The van der Waals surface area contributed by atoms with Crippen LogP contribution in [0.5, 0.6) is 5.75 Å². The number of carbonyl (C=O) groups is 3. The van der Waals surface area contributed by atoms with Crippen LogP contribution in [0.15, 0.2) is 66.7 Å². The molecule has 0 aliphatic carbocycles. The average molecular weight is 461 g/mol. The molecule has 1 heterocycles. The third kappa shape index (κ3) is 5.23. The molecule has 1 fully saturated rings. The van der Waals surface area contributed by atoms with Crippen molar-refractivity contribution in [3.05, 3.63) is 83.7 Å². The minimum absolute atomic E-state index is 0.0819. The lowest BCUT2D eigenvalue weighted by Gasteiger charge is -2.26. The van der Waals surface area contributed by atoms with Gasteiger partial charge in [-0.15, -0.1) is 0 Å². The molecule has 7 nitrogen and oxygen atoms in total. The monoisotopic (exact) mass is 461 g/mol. The molecular weight excluding hydrogens is 437 g/mol. The SMILES string of the molecule is COc1ccc(NC(=O)c2ccc(N3CCCCC3=O)cc2)c(C(=O)Nc2ccc(F)cc2)c1. The number of hydrogen-bond acceptors (Lipinski definition) is 4. The zero-order valence-corrected chi connectivity index (χ0v) is 18.6. The number of halogens is 1. The Morgan fingerprint density at radius 3 is 2.32 bits per heavy atom. The molecule has 4 rings (SSSR count). The minimum atomic E-state index is -0.486. The quantitative estimate of drug-likeness (QED) is 0.549. The molecule has 0 saturated carbocycles. The van der Waals surface area contributed by atoms with Gasteiger partial charge in [-0.1, -0.05) is 0 Å². The third-order valence-corrected chi connectivity index (χ3v) is 5.59. The van der Waals surface area contributed by atoms with Gasteiger partial charge in [0.1, 0.15) is 11.6 Å². The van der Waals surface area contributed by atoms with Crippen molar-refractivity contribution in [2.45, 2.75) is 19.3 Å². The van der Waals surface area contributed by atoms with Gasteiger partial charge in [-0.3, -0.25) is 14.4 Å². The predicted molar refractivity (Wildman–Crippen MR) is 128 cm³/mol. The van der Waals surface area contributed by atoms with Crippen molar-refractivity contribution < 1.29 is 23.5 Å². The number of methoxy groups -OCH3 is 1. The van der Waals surface area contributed by atoms with Gasteiger partial charge in [-0.25, -0.2) is 4.39 Å². The van der Waals surface area contributed by atoms with Crippen LogP contribution in [0.4, 0.5) is 21.5 Å². The molecular formula is C26H24FN3O4. The normalized spacial score (nSPS) is 13.4. The lowest BCUT2D eigenvalue weighted by Crippen LogP contribution is -2.35. The van der Waals surface area contributed by atoms with Crippen LogP contribution in [0.2, 0.25) is 0 Å². The summed E-state index contributed by atoms with van der Waals surface area (Å²) in [7, 11) is 1.48. The number of rotatable bonds is 6. The predicted octanol–water partition coefficient (Wildman–Crippen LogP) is 4.86. The van der Waals surface area contributed by atoms with E-state index < -0.39 is 17.6 Å². The van der Waals surface area contributed by atoms with Gasteiger partial charge in [0, 0.05) is 29.9 Å². The maximum atomic E-state index is 13.2. The molecule has 1 aliphatic rings. The highest BCUT2D eigenvalue weighted by Crippen LogP contribution is 2.25. The zero-order valence-electron chi connectivity index (χ0n) is 18.6. The van der Waals surface area contributed by atoms with E-state index in [1.165, 1.54) is 37.4 Å². The molecule has 3 aromatic rings. The molecule has 0 atom stereocenters. The summed E-state index contributed by atoms with van der Waals surface area (Å²) in [4.78, 5) is 39.7. The standard InChI is InChI=1S/C26H24FN3O4/c1-34-21-13-14-23(22(16-21)26(33)28-19-9-7-18(27)8-10-19)29-25(32)17-5-11-20(12-6-17)30-15-3-2-4-24(30)31/h5-14,16H,2-4,15H2,1H3,(H,28,33)(H,29,32). The van der Waals surface area contributed by atoms with E-state index in [0.717, 1.165) is 18.5 Å². The van der Waals surface area contributed by atoms with Gasteiger partial charge in [-0.05, 0) is 79.6 Å². The molecule has 1 saturated heterocycles. The molecule has 1 aliphatic heterocycles. The van der Waals surface area contributed by atoms with Gasteiger partial charge in [0.2, 0.25) is 5.91 Å². The first-order valence-electron chi connectivity index (χ1n) is 10.9. The number of anilines is 3. The van der Waals surface area contributed by atoms with Crippen molar-refractivity contribution in [3.8, 4) is 5.75 Å². The maximum Gasteiger partial charge on any atom is 0.257 e. The number of nitrogens with zero attached hydrogens (tertiary/aromatic N) is 1. The highest BCUT2D eigenvalue weighted by atomic mass is 19.1. The number of amides is 3. The molecule has 174 valence electrons. The number of nitrogens with one attached hydrogen (secondary N) is 2. The highest BCUT2D eigenvalue weighted by molar-refractivity contribution is 6.12. The van der Waals surface area contributed by atoms with E-state index in [9.17, 15) is 18.8 Å². The van der Waals surface area contributed by atoms with E-state index in [2.05, 4.69) is 10.6 Å². The fourth-order valence-corrected chi connectivity index (χ4v) is 3.74. The fraction of sp³-hybridized carbons (Fsp3) is 0.192. The topological polar surface area (TPSA) is 87.7 Å². The molecule has 0 bridgehead atoms. The highest BCUT2D eigenvalue weighted by Gasteiger charge is 2.20. The minimum Gasteiger partial charge on any atom is -0.497 e. The molecule has 0 radical (unpaired) electrons. The summed E-state index contributed by atoms with van der Waals surface area (Å²) in [5.41, 5.74) is 2.03. The maximum absolute atomic E-state index is 13.2. The Kier molecular flexibility index (Phi) is 6.87. The number of piperidine rings is 1. The molecule has 3 amide bonds. The molecule has 3 aromatic carbocycles. The number of ether oxygens (including phenoxy) is 1. The summed E-state index contributed by atoms with van der Waals surface area (Å²) < 4.78 is 18.4. The smallest absolute Gasteiger partial charge is 0.257 e. The van der Waals surface area contributed by atoms with Crippen LogP contribution in [0.1, 0.15) is 40.0 Å².